The Balaban J connectivity index is 1.34. The van der Waals surface area contributed by atoms with Gasteiger partial charge in [0.1, 0.15) is 30.1 Å². The largest absolute Gasteiger partial charge is 0.491 e. The van der Waals surface area contributed by atoms with Crippen LogP contribution in [0.3, 0.4) is 0 Å². The summed E-state index contributed by atoms with van der Waals surface area (Å²) in [6, 6.07) is 6.12. The Kier molecular flexibility index (Phi) is 5.22. The van der Waals surface area contributed by atoms with Gasteiger partial charge in [-0.3, -0.25) is 4.90 Å². The number of halogens is 1. The fourth-order valence-corrected chi connectivity index (χ4v) is 4.03. The minimum atomic E-state index is -0.592. The normalized spacial score (nSPS) is 21.5. The molecule has 0 unspecified atom stereocenters. The lowest BCUT2D eigenvalue weighted by Crippen LogP contribution is -2.35. The van der Waals surface area contributed by atoms with E-state index in [-0.39, 0.29) is 18.5 Å². The van der Waals surface area contributed by atoms with Gasteiger partial charge in [0.2, 0.25) is 0 Å². The van der Waals surface area contributed by atoms with Crippen molar-refractivity contribution in [1.82, 2.24) is 14.9 Å². The molecule has 1 aromatic heterocycles. The van der Waals surface area contributed by atoms with Crippen LogP contribution < -0.4 is 4.74 Å². The number of nitrogens with one attached hydrogen (secondary N) is 1. The van der Waals surface area contributed by atoms with Gasteiger partial charge in [0.15, 0.2) is 0 Å². The molecule has 0 saturated carbocycles. The van der Waals surface area contributed by atoms with E-state index >= 15 is 0 Å². The number of hydrogen-bond acceptors (Lipinski definition) is 4. The molecule has 4 rings (SSSR count). The summed E-state index contributed by atoms with van der Waals surface area (Å²) in [6.07, 6.45) is 6.23. The zero-order valence-electron chi connectivity index (χ0n) is 15.0. The van der Waals surface area contributed by atoms with E-state index in [0.29, 0.717) is 12.3 Å². The Hall–Kier alpha value is -1.92. The molecule has 0 spiro atoms. The van der Waals surface area contributed by atoms with Crippen LogP contribution in [0.15, 0.2) is 24.3 Å². The summed E-state index contributed by atoms with van der Waals surface area (Å²) in [5.74, 6) is 1.34. The van der Waals surface area contributed by atoms with Crippen molar-refractivity contribution in [2.75, 3.05) is 19.7 Å². The second-order valence-electron chi connectivity index (χ2n) is 7.33. The molecular formula is C20H26FN3O2. The third kappa shape index (κ3) is 3.91. The van der Waals surface area contributed by atoms with Crippen LogP contribution in [-0.4, -0.2) is 45.8 Å². The van der Waals surface area contributed by atoms with Crippen LogP contribution in [0.1, 0.15) is 48.9 Å². The monoisotopic (exact) mass is 359 g/mol. The summed E-state index contributed by atoms with van der Waals surface area (Å²) in [5, 5.41) is 10.4. The lowest BCUT2D eigenvalue weighted by atomic mass is 10.0. The number of rotatable bonds is 6. The fourth-order valence-electron chi connectivity index (χ4n) is 4.03. The van der Waals surface area contributed by atoms with Crippen molar-refractivity contribution in [2.45, 2.75) is 50.7 Å². The summed E-state index contributed by atoms with van der Waals surface area (Å²) in [5.41, 5.74) is 2.54. The zero-order chi connectivity index (χ0) is 17.9. The van der Waals surface area contributed by atoms with Gasteiger partial charge in [0.25, 0.3) is 0 Å². The molecule has 0 amide bonds. The van der Waals surface area contributed by atoms with Crippen LogP contribution in [0.5, 0.6) is 5.75 Å². The molecule has 1 aromatic carbocycles. The number of fused-ring (bicyclic) bond motifs is 1. The number of ether oxygens (including phenoxy) is 1. The lowest BCUT2D eigenvalue weighted by molar-refractivity contribution is 0.0628. The first-order valence-electron chi connectivity index (χ1n) is 9.57. The van der Waals surface area contributed by atoms with Crippen molar-refractivity contribution in [3.8, 4) is 5.75 Å². The molecule has 2 aliphatic rings. The number of aromatic amines is 1. The molecule has 0 bridgehead atoms. The summed E-state index contributed by atoms with van der Waals surface area (Å²) in [4.78, 5) is 10.7. The number of aromatic nitrogens is 2. The van der Waals surface area contributed by atoms with Crippen molar-refractivity contribution in [3.63, 3.8) is 0 Å². The number of aliphatic hydroxyl groups is 1. The number of benzene rings is 1. The third-order valence-electron chi connectivity index (χ3n) is 5.35. The van der Waals surface area contributed by atoms with E-state index in [9.17, 15) is 9.50 Å². The highest BCUT2D eigenvalue weighted by Gasteiger charge is 2.31. The van der Waals surface area contributed by atoms with Crippen molar-refractivity contribution in [3.05, 3.63) is 47.3 Å². The average Bonchev–Trinajstić information content (AvgIpc) is 3.27. The maximum atomic E-state index is 12.9. The Morgan fingerprint density at radius 3 is 2.85 bits per heavy atom. The molecule has 2 N–H and O–H groups in total. The quantitative estimate of drug-likeness (QED) is 0.832. The second kappa shape index (κ2) is 7.76. The Morgan fingerprint density at radius 2 is 2.04 bits per heavy atom. The van der Waals surface area contributed by atoms with Gasteiger partial charge in [0, 0.05) is 12.2 Å². The Labute approximate surface area is 153 Å². The first kappa shape index (κ1) is 17.5. The molecule has 2 aromatic rings. The fraction of sp³-hybridized carbons (Fsp3) is 0.550. The second-order valence-corrected chi connectivity index (χ2v) is 7.33. The highest BCUT2D eigenvalue weighted by Crippen LogP contribution is 2.32. The maximum absolute atomic E-state index is 12.9. The summed E-state index contributed by atoms with van der Waals surface area (Å²) in [7, 11) is 0. The van der Waals surface area contributed by atoms with Crippen LogP contribution in [0.2, 0.25) is 0 Å². The highest BCUT2D eigenvalue weighted by molar-refractivity contribution is 5.22. The van der Waals surface area contributed by atoms with Crippen molar-refractivity contribution in [2.24, 2.45) is 0 Å². The van der Waals surface area contributed by atoms with Gasteiger partial charge in [-0.15, -0.1) is 0 Å². The van der Waals surface area contributed by atoms with E-state index < -0.39 is 6.10 Å². The van der Waals surface area contributed by atoms with Crippen molar-refractivity contribution in [1.29, 1.82) is 0 Å². The molecule has 0 radical (unpaired) electrons. The molecule has 1 aliphatic heterocycles. The number of aliphatic hydroxyl groups excluding tert-OH is 1. The lowest BCUT2D eigenvalue weighted by Gasteiger charge is -2.25. The SMILES string of the molecule is O[C@H](COc1ccc(F)cc1)CN1CCC[C@H]1c1nc2c([nH]1)CCCC2. The standard InChI is InChI=1S/C20H26FN3O2/c21-14-7-9-16(10-8-14)26-13-15(25)12-24-11-3-6-19(24)20-22-17-4-1-2-5-18(17)23-20/h7-10,15,19,25H,1-6,11-13H2,(H,22,23)/t15-,19-/m0/s1. The predicted molar refractivity (Wildman–Crippen MR) is 96.7 cm³/mol. The van der Waals surface area contributed by atoms with Gasteiger partial charge < -0.3 is 14.8 Å². The molecule has 2 heterocycles. The van der Waals surface area contributed by atoms with Crippen LogP contribution >= 0.6 is 0 Å². The molecular weight excluding hydrogens is 333 g/mol. The van der Waals surface area contributed by atoms with E-state index in [2.05, 4.69) is 9.88 Å². The van der Waals surface area contributed by atoms with E-state index in [0.717, 1.165) is 38.1 Å². The van der Waals surface area contributed by atoms with Crippen molar-refractivity contribution < 1.29 is 14.2 Å². The Bertz CT molecular complexity index is 708. The molecule has 1 fully saturated rings. The first-order valence-corrected chi connectivity index (χ1v) is 9.57. The van der Waals surface area contributed by atoms with Gasteiger partial charge in [-0.2, -0.15) is 0 Å². The summed E-state index contributed by atoms with van der Waals surface area (Å²) in [6.45, 7) is 1.71. The van der Waals surface area contributed by atoms with Crippen LogP contribution in [0.4, 0.5) is 4.39 Å². The van der Waals surface area contributed by atoms with Gasteiger partial charge in [0.05, 0.1) is 11.7 Å². The summed E-state index contributed by atoms with van der Waals surface area (Å²) < 4.78 is 18.5. The molecule has 1 aliphatic carbocycles. The highest BCUT2D eigenvalue weighted by atomic mass is 19.1. The third-order valence-corrected chi connectivity index (χ3v) is 5.35. The van der Waals surface area contributed by atoms with E-state index in [1.807, 2.05) is 0 Å². The molecule has 5 nitrogen and oxygen atoms in total. The molecule has 1 saturated heterocycles. The van der Waals surface area contributed by atoms with E-state index in [1.165, 1.54) is 36.4 Å². The number of nitrogens with zero attached hydrogens (tertiary/aromatic N) is 2. The summed E-state index contributed by atoms with van der Waals surface area (Å²) >= 11 is 0. The molecule has 2 atom stereocenters. The van der Waals surface area contributed by atoms with E-state index in [4.69, 9.17) is 9.72 Å². The number of imidazole rings is 1. The van der Waals surface area contributed by atoms with Crippen LogP contribution in [-0.2, 0) is 12.8 Å². The molecule has 140 valence electrons. The zero-order valence-corrected chi connectivity index (χ0v) is 15.0. The molecule has 6 heteroatoms. The number of likely N-dealkylation sites (tertiary alicyclic amines) is 1. The average molecular weight is 359 g/mol. The van der Waals surface area contributed by atoms with Crippen LogP contribution in [0, 0.1) is 5.82 Å². The minimum Gasteiger partial charge on any atom is -0.491 e. The predicted octanol–water partition coefficient (Wildman–Crippen LogP) is 3.00. The van der Waals surface area contributed by atoms with E-state index in [1.54, 1.807) is 12.1 Å². The number of β-amino-alcohol motifs (C(OH)–C–C–N with tert-alkyl or cyclic N) is 1. The number of H-pyrrole nitrogens is 1. The smallest absolute Gasteiger partial charge is 0.124 e. The molecule has 26 heavy (non-hydrogen) atoms. The van der Waals surface area contributed by atoms with Gasteiger partial charge >= 0.3 is 0 Å². The van der Waals surface area contributed by atoms with Gasteiger partial charge in [-0.25, -0.2) is 9.37 Å². The van der Waals surface area contributed by atoms with Crippen LogP contribution in [0.25, 0.3) is 0 Å². The van der Waals surface area contributed by atoms with Crippen molar-refractivity contribution >= 4 is 0 Å². The van der Waals surface area contributed by atoms with Gasteiger partial charge in [-0.1, -0.05) is 0 Å². The number of aryl methyl sites for hydroxylation is 2. The number of hydrogen-bond donors (Lipinski definition) is 2. The first-order chi connectivity index (χ1) is 12.7. The van der Waals surface area contributed by atoms with Gasteiger partial charge in [-0.05, 0) is 69.3 Å². The topological polar surface area (TPSA) is 61.4 Å². The maximum Gasteiger partial charge on any atom is 0.124 e. The Morgan fingerprint density at radius 1 is 1.23 bits per heavy atom. The minimum absolute atomic E-state index is 0.198.